The van der Waals surface area contributed by atoms with Crippen molar-refractivity contribution in [1.29, 1.82) is 5.26 Å². The first-order valence-electron chi connectivity index (χ1n) is 5.08. The summed E-state index contributed by atoms with van der Waals surface area (Å²) in [6.07, 6.45) is 0. The molecule has 0 spiro atoms. The Morgan fingerprint density at radius 1 is 1.35 bits per heavy atom. The van der Waals surface area contributed by atoms with Gasteiger partial charge in [0, 0.05) is 7.05 Å². The lowest BCUT2D eigenvalue weighted by Gasteiger charge is -2.36. The molecule has 0 amide bonds. The van der Waals surface area contributed by atoms with Crippen LogP contribution in [0.25, 0.3) is 0 Å². The van der Waals surface area contributed by atoms with Crippen LogP contribution in [0.2, 0.25) is 0 Å². The third-order valence-electron chi connectivity index (χ3n) is 2.84. The van der Waals surface area contributed by atoms with Crippen molar-refractivity contribution in [2.24, 2.45) is 0 Å². The molecule has 0 saturated carbocycles. The third-order valence-corrected chi connectivity index (χ3v) is 2.84. The van der Waals surface area contributed by atoms with E-state index in [1.165, 1.54) is 17.0 Å². The van der Waals surface area contributed by atoms with Gasteiger partial charge in [0.15, 0.2) is 11.6 Å². The van der Waals surface area contributed by atoms with Crippen LogP contribution >= 0.6 is 0 Å². The summed E-state index contributed by atoms with van der Waals surface area (Å²) in [4.78, 5) is 1.44. The Morgan fingerprint density at radius 3 is 2.41 bits per heavy atom. The smallest absolute Gasteiger partial charge is 0.183 e. The molecule has 0 aliphatic rings. The van der Waals surface area contributed by atoms with Gasteiger partial charge in [-0.3, -0.25) is 0 Å². The maximum atomic E-state index is 13.7. The molecular weight excluding hydrogens is 226 g/mol. The lowest BCUT2D eigenvalue weighted by molar-refractivity contribution is 0.215. The third kappa shape index (κ3) is 2.37. The van der Waals surface area contributed by atoms with Crippen LogP contribution < -0.4 is 4.90 Å². The first-order valence-corrected chi connectivity index (χ1v) is 5.08. The zero-order valence-electron chi connectivity index (χ0n) is 9.96. The van der Waals surface area contributed by atoms with Crippen LogP contribution in [0.4, 0.5) is 14.5 Å². The van der Waals surface area contributed by atoms with Gasteiger partial charge in [-0.1, -0.05) is 0 Å². The summed E-state index contributed by atoms with van der Waals surface area (Å²) >= 11 is 0. The number of hydrogen-bond donors (Lipinski definition) is 1. The van der Waals surface area contributed by atoms with Crippen LogP contribution in [0.15, 0.2) is 12.1 Å². The van der Waals surface area contributed by atoms with Gasteiger partial charge >= 0.3 is 0 Å². The van der Waals surface area contributed by atoms with Crippen molar-refractivity contribution in [3.8, 4) is 6.07 Å². The Bertz CT molecular complexity index is 466. The molecule has 0 aliphatic carbocycles. The van der Waals surface area contributed by atoms with Gasteiger partial charge in [0.1, 0.15) is 6.07 Å². The van der Waals surface area contributed by atoms with Gasteiger partial charge in [-0.2, -0.15) is 5.26 Å². The van der Waals surface area contributed by atoms with E-state index in [0.717, 1.165) is 0 Å². The minimum Gasteiger partial charge on any atom is -0.394 e. The van der Waals surface area contributed by atoms with Gasteiger partial charge in [-0.05, 0) is 26.0 Å². The molecule has 0 fully saturated rings. The summed E-state index contributed by atoms with van der Waals surface area (Å²) in [6.45, 7) is 3.19. The van der Waals surface area contributed by atoms with E-state index in [4.69, 9.17) is 5.26 Å². The summed E-state index contributed by atoms with van der Waals surface area (Å²) in [5.74, 6) is -2.24. The van der Waals surface area contributed by atoms with E-state index in [-0.39, 0.29) is 17.9 Å². The average Bonchev–Trinajstić information content (AvgIpc) is 2.31. The molecule has 1 N–H and O–H groups in total. The molecule has 0 radical (unpaired) electrons. The highest BCUT2D eigenvalue weighted by atomic mass is 19.2. The van der Waals surface area contributed by atoms with E-state index < -0.39 is 17.2 Å². The Labute approximate surface area is 98.9 Å². The first-order chi connectivity index (χ1) is 7.85. The fourth-order valence-electron chi connectivity index (χ4n) is 1.32. The molecule has 92 valence electrons. The second-order valence-corrected chi connectivity index (χ2v) is 4.40. The van der Waals surface area contributed by atoms with Crippen LogP contribution in [-0.4, -0.2) is 24.3 Å². The Kier molecular flexibility index (Phi) is 3.69. The minimum absolute atomic E-state index is 0.0144. The van der Waals surface area contributed by atoms with Crippen LogP contribution in [0, 0.1) is 23.0 Å². The van der Waals surface area contributed by atoms with Crippen LogP contribution in [0.5, 0.6) is 0 Å². The summed E-state index contributed by atoms with van der Waals surface area (Å²) in [5.41, 5.74) is -1.04. The minimum atomic E-state index is -1.16. The SMILES string of the molecule is CN(c1ccc(C#N)c(F)c1F)C(C)(C)CO. The van der Waals surface area contributed by atoms with Crippen molar-refractivity contribution in [2.45, 2.75) is 19.4 Å². The number of anilines is 1. The maximum Gasteiger partial charge on any atom is 0.183 e. The number of rotatable bonds is 3. The predicted octanol–water partition coefficient (Wildman–Crippen LogP) is 2.04. The van der Waals surface area contributed by atoms with Gasteiger partial charge in [-0.15, -0.1) is 0 Å². The van der Waals surface area contributed by atoms with Gasteiger partial charge in [0.2, 0.25) is 0 Å². The zero-order valence-corrected chi connectivity index (χ0v) is 9.96. The number of benzene rings is 1. The molecular formula is C12H14F2N2O. The number of likely N-dealkylation sites (N-methyl/N-ethyl adjacent to an activating group) is 1. The average molecular weight is 240 g/mol. The molecule has 1 rings (SSSR count). The predicted molar refractivity (Wildman–Crippen MR) is 60.6 cm³/mol. The van der Waals surface area contributed by atoms with Gasteiger partial charge in [-0.25, -0.2) is 8.78 Å². The van der Waals surface area contributed by atoms with Crippen LogP contribution in [0.1, 0.15) is 19.4 Å². The maximum absolute atomic E-state index is 13.7. The van der Waals surface area contributed by atoms with E-state index in [2.05, 4.69) is 0 Å². The van der Waals surface area contributed by atoms with E-state index in [0.29, 0.717) is 0 Å². The second-order valence-electron chi connectivity index (χ2n) is 4.40. The number of halogens is 2. The van der Waals surface area contributed by atoms with Crippen molar-refractivity contribution in [3.05, 3.63) is 29.3 Å². The molecule has 0 saturated heterocycles. The van der Waals surface area contributed by atoms with Gasteiger partial charge in [0.25, 0.3) is 0 Å². The monoisotopic (exact) mass is 240 g/mol. The molecule has 0 bridgehead atoms. The number of aliphatic hydroxyl groups is 1. The molecule has 17 heavy (non-hydrogen) atoms. The Balaban J connectivity index is 3.27. The standard InChI is InChI=1S/C12H14F2N2O/c1-12(2,7-17)16(3)9-5-4-8(6-15)10(13)11(9)14/h4-5,17H,7H2,1-3H3. The fraction of sp³-hybridized carbons (Fsp3) is 0.417. The highest BCUT2D eigenvalue weighted by molar-refractivity contribution is 5.53. The fourth-order valence-corrected chi connectivity index (χ4v) is 1.32. The zero-order chi connectivity index (χ0) is 13.2. The molecule has 0 heterocycles. The van der Waals surface area contributed by atoms with Crippen molar-refractivity contribution in [2.75, 3.05) is 18.6 Å². The van der Waals surface area contributed by atoms with Crippen molar-refractivity contribution in [3.63, 3.8) is 0 Å². The quantitative estimate of drug-likeness (QED) is 0.879. The molecule has 1 aromatic carbocycles. The van der Waals surface area contributed by atoms with Crippen LogP contribution in [0.3, 0.4) is 0 Å². The van der Waals surface area contributed by atoms with Crippen molar-refractivity contribution >= 4 is 5.69 Å². The molecule has 0 aromatic heterocycles. The van der Waals surface area contributed by atoms with Crippen LogP contribution in [-0.2, 0) is 0 Å². The Morgan fingerprint density at radius 2 is 1.94 bits per heavy atom. The summed E-state index contributed by atoms with van der Waals surface area (Å²) in [6, 6.07) is 4.12. The number of nitriles is 1. The number of nitrogens with zero attached hydrogens (tertiary/aromatic N) is 2. The summed E-state index contributed by atoms with van der Waals surface area (Å²) in [5, 5.41) is 17.7. The summed E-state index contributed by atoms with van der Waals surface area (Å²) < 4.78 is 27.1. The lowest BCUT2D eigenvalue weighted by atomic mass is 10.0. The molecule has 3 nitrogen and oxygen atoms in total. The summed E-state index contributed by atoms with van der Waals surface area (Å²) in [7, 11) is 1.56. The topological polar surface area (TPSA) is 47.3 Å². The highest BCUT2D eigenvalue weighted by Crippen LogP contribution is 2.27. The first kappa shape index (κ1) is 13.4. The highest BCUT2D eigenvalue weighted by Gasteiger charge is 2.26. The van der Waals surface area contributed by atoms with E-state index >= 15 is 0 Å². The lowest BCUT2D eigenvalue weighted by Crippen LogP contribution is -2.44. The largest absolute Gasteiger partial charge is 0.394 e. The number of aliphatic hydroxyl groups excluding tert-OH is 1. The molecule has 5 heteroatoms. The number of hydrogen-bond acceptors (Lipinski definition) is 3. The molecule has 0 atom stereocenters. The van der Waals surface area contributed by atoms with E-state index in [1.54, 1.807) is 27.0 Å². The Hall–Kier alpha value is -1.67. The second kappa shape index (κ2) is 4.68. The van der Waals surface area contributed by atoms with Gasteiger partial charge in [0.05, 0.1) is 23.4 Å². The van der Waals surface area contributed by atoms with E-state index in [9.17, 15) is 13.9 Å². The molecule has 0 unspecified atom stereocenters. The van der Waals surface area contributed by atoms with Crippen molar-refractivity contribution < 1.29 is 13.9 Å². The van der Waals surface area contributed by atoms with Crippen molar-refractivity contribution in [1.82, 2.24) is 0 Å². The molecule has 1 aromatic rings. The normalized spacial score (nSPS) is 11.1. The van der Waals surface area contributed by atoms with E-state index in [1.807, 2.05) is 0 Å². The van der Waals surface area contributed by atoms with Gasteiger partial charge < -0.3 is 10.0 Å². The molecule has 0 aliphatic heterocycles.